The van der Waals surface area contributed by atoms with Crippen LogP contribution in [0.15, 0.2) is 18.2 Å². The second-order valence-corrected chi connectivity index (χ2v) is 6.65. The minimum Gasteiger partial charge on any atom is -0.353 e. The first-order valence-electron chi connectivity index (χ1n) is 7.33. The van der Waals surface area contributed by atoms with E-state index in [4.69, 9.17) is 0 Å². The van der Waals surface area contributed by atoms with Gasteiger partial charge in [-0.3, -0.25) is 4.79 Å². The molecule has 0 bridgehead atoms. The van der Waals surface area contributed by atoms with Gasteiger partial charge in [-0.25, -0.2) is 4.98 Å². The number of amides is 1. The Morgan fingerprint density at radius 3 is 2.65 bits per heavy atom. The quantitative estimate of drug-likeness (QED) is 0.909. The molecule has 0 radical (unpaired) electrons. The number of halogens is 3. The summed E-state index contributed by atoms with van der Waals surface area (Å²) in [7, 11) is 0. The number of carbonyl (C=O) groups excluding carboxylic acids is 1. The molecule has 2 aromatic rings. The van der Waals surface area contributed by atoms with Crippen molar-refractivity contribution in [3.63, 3.8) is 0 Å². The summed E-state index contributed by atoms with van der Waals surface area (Å²) in [5, 5.41) is 3.63. The van der Waals surface area contributed by atoms with E-state index in [2.05, 4.69) is 15.2 Å². The van der Waals surface area contributed by atoms with Gasteiger partial charge in [0.05, 0.1) is 15.8 Å². The van der Waals surface area contributed by atoms with Crippen LogP contribution in [0, 0.1) is 0 Å². The second-order valence-electron chi connectivity index (χ2n) is 5.64. The molecule has 1 aliphatic rings. The molecule has 0 aliphatic carbocycles. The Morgan fingerprint density at radius 1 is 1.35 bits per heavy atom. The molecule has 2 heterocycles. The standard InChI is InChI=1S/C15H16F3N3OS/c1-9(22)19-11-4-6-21(7-5-11)14-20-12-8-10(15(16,17)18)2-3-13(12)23-14/h2-3,8,11H,4-7H2,1H3,(H,19,22). The molecule has 124 valence electrons. The zero-order chi connectivity index (χ0) is 16.6. The van der Waals surface area contributed by atoms with Gasteiger partial charge in [0.15, 0.2) is 5.13 Å². The molecule has 0 spiro atoms. The largest absolute Gasteiger partial charge is 0.416 e. The van der Waals surface area contributed by atoms with E-state index in [-0.39, 0.29) is 11.9 Å². The summed E-state index contributed by atoms with van der Waals surface area (Å²) < 4.78 is 39.0. The number of aromatic nitrogens is 1. The van der Waals surface area contributed by atoms with E-state index in [9.17, 15) is 18.0 Å². The molecule has 1 aliphatic heterocycles. The van der Waals surface area contributed by atoms with E-state index in [1.165, 1.54) is 24.3 Å². The summed E-state index contributed by atoms with van der Waals surface area (Å²) in [4.78, 5) is 17.5. The maximum Gasteiger partial charge on any atom is 0.416 e. The number of rotatable bonds is 2. The van der Waals surface area contributed by atoms with Gasteiger partial charge in [0.1, 0.15) is 0 Å². The van der Waals surface area contributed by atoms with Crippen LogP contribution in [0.25, 0.3) is 10.2 Å². The lowest BCUT2D eigenvalue weighted by molar-refractivity contribution is -0.137. The summed E-state index contributed by atoms with van der Waals surface area (Å²) in [6.45, 7) is 2.96. The van der Waals surface area contributed by atoms with Crippen LogP contribution in [0.3, 0.4) is 0 Å². The summed E-state index contributed by atoms with van der Waals surface area (Å²) >= 11 is 1.40. The van der Waals surface area contributed by atoms with E-state index in [0.717, 1.165) is 47.9 Å². The van der Waals surface area contributed by atoms with Crippen LogP contribution in [0.2, 0.25) is 0 Å². The van der Waals surface area contributed by atoms with Crippen molar-refractivity contribution in [2.24, 2.45) is 0 Å². The number of benzene rings is 1. The Hall–Kier alpha value is -1.83. The van der Waals surface area contributed by atoms with Crippen LogP contribution < -0.4 is 10.2 Å². The Morgan fingerprint density at radius 2 is 2.04 bits per heavy atom. The molecule has 1 N–H and O–H groups in total. The van der Waals surface area contributed by atoms with Crippen molar-refractivity contribution in [3.05, 3.63) is 23.8 Å². The Bertz CT molecular complexity index is 720. The lowest BCUT2D eigenvalue weighted by Crippen LogP contribution is -2.44. The summed E-state index contributed by atoms with van der Waals surface area (Å²) in [6.07, 6.45) is -2.73. The smallest absolute Gasteiger partial charge is 0.353 e. The number of nitrogens with zero attached hydrogens (tertiary/aromatic N) is 2. The van der Waals surface area contributed by atoms with Crippen molar-refractivity contribution in [2.45, 2.75) is 32.0 Å². The minimum absolute atomic E-state index is 0.0388. The average molecular weight is 343 g/mol. The van der Waals surface area contributed by atoms with Crippen molar-refractivity contribution in [2.75, 3.05) is 18.0 Å². The number of anilines is 1. The number of nitrogens with one attached hydrogen (secondary N) is 1. The van der Waals surface area contributed by atoms with Gasteiger partial charge in [-0.2, -0.15) is 13.2 Å². The first kappa shape index (κ1) is 16.0. The zero-order valence-electron chi connectivity index (χ0n) is 12.5. The Balaban J connectivity index is 1.75. The first-order chi connectivity index (χ1) is 10.8. The Kier molecular flexibility index (Phi) is 4.18. The van der Waals surface area contributed by atoms with Crippen LogP contribution in [-0.4, -0.2) is 30.0 Å². The maximum atomic E-state index is 12.8. The molecule has 23 heavy (non-hydrogen) atoms. The van der Waals surface area contributed by atoms with E-state index in [1.807, 2.05) is 0 Å². The van der Waals surface area contributed by atoms with Gasteiger partial charge in [-0.15, -0.1) is 0 Å². The highest BCUT2D eigenvalue weighted by Crippen LogP contribution is 2.35. The topological polar surface area (TPSA) is 45.2 Å². The van der Waals surface area contributed by atoms with Crippen molar-refractivity contribution in [3.8, 4) is 0 Å². The van der Waals surface area contributed by atoms with Gasteiger partial charge in [0, 0.05) is 26.1 Å². The fourth-order valence-electron chi connectivity index (χ4n) is 2.73. The van der Waals surface area contributed by atoms with Gasteiger partial charge in [0.25, 0.3) is 0 Å². The summed E-state index contributed by atoms with van der Waals surface area (Å²) in [5.41, 5.74) is -0.296. The molecule has 1 amide bonds. The van der Waals surface area contributed by atoms with Crippen LogP contribution in [0.1, 0.15) is 25.3 Å². The summed E-state index contributed by atoms with van der Waals surface area (Å²) in [5.74, 6) is -0.0388. The third-order valence-electron chi connectivity index (χ3n) is 3.88. The van der Waals surface area contributed by atoms with Gasteiger partial charge in [0.2, 0.25) is 5.91 Å². The van der Waals surface area contributed by atoms with E-state index >= 15 is 0 Å². The predicted octanol–water partition coefficient (Wildman–Crippen LogP) is 3.42. The fourth-order valence-corrected chi connectivity index (χ4v) is 3.73. The van der Waals surface area contributed by atoms with E-state index < -0.39 is 11.7 Å². The van der Waals surface area contributed by atoms with Crippen molar-refractivity contribution >= 4 is 32.6 Å². The number of thiazole rings is 1. The molecule has 1 aromatic carbocycles. The van der Waals surface area contributed by atoms with Gasteiger partial charge < -0.3 is 10.2 Å². The summed E-state index contributed by atoms with van der Waals surface area (Å²) in [6, 6.07) is 3.82. The zero-order valence-corrected chi connectivity index (χ0v) is 13.3. The molecular formula is C15H16F3N3OS. The number of hydrogen-bond acceptors (Lipinski definition) is 4. The normalized spacial score (nSPS) is 16.8. The van der Waals surface area contributed by atoms with Crippen molar-refractivity contribution in [1.82, 2.24) is 10.3 Å². The van der Waals surface area contributed by atoms with Gasteiger partial charge in [-0.1, -0.05) is 11.3 Å². The number of carbonyl (C=O) groups is 1. The van der Waals surface area contributed by atoms with E-state index in [1.54, 1.807) is 0 Å². The SMILES string of the molecule is CC(=O)NC1CCN(c2nc3cc(C(F)(F)F)ccc3s2)CC1. The molecule has 1 aromatic heterocycles. The molecule has 1 saturated heterocycles. The predicted molar refractivity (Wildman–Crippen MR) is 83.7 cm³/mol. The van der Waals surface area contributed by atoms with Crippen LogP contribution in [0.5, 0.6) is 0 Å². The molecule has 4 nitrogen and oxygen atoms in total. The Labute approximate surface area is 135 Å². The molecule has 0 unspecified atom stereocenters. The first-order valence-corrected chi connectivity index (χ1v) is 8.14. The second kappa shape index (κ2) is 5.99. The molecule has 0 saturated carbocycles. The van der Waals surface area contributed by atoms with Crippen LogP contribution >= 0.6 is 11.3 Å². The maximum absolute atomic E-state index is 12.8. The van der Waals surface area contributed by atoms with Gasteiger partial charge in [-0.05, 0) is 31.0 Å². The monoisotopic (exact) mass is 343 g/mol. The number of fused-ring (bicyclic) bond motifs is 1. The molecule has 3 rings (SSSR count). The fraction of sp³-hybridized carbons (Fsp3) is 0.467. The highest BCUT2D eigenvalue weighted by atomic mass is 32.1. The average Bonchev–Trinajstić information content (AvgIpc) is 2.89. The molecular weight excluding hydrogens is 327 g/mol. The minimum atomic E-state index is -4.35. The van der Waals surface area contributed by atoms with Crippen LogP contribution in [-0.2, 0) is 11.0 Å². The van der Waals surface area contributed by atoms with Crippen molar-refractivity contribution in [1.29, 1.82) is 0 Å². The number of piperidine rings is 1. The third-order valence-corrected chi connectivity index (χ3v) is 4.97. The van der Waals surface area contributed by atoms with Crippen LogP contribution in [0.4, 0.5) is 18.3 Å². The van der Waals surface area contributed by atoms with E-state index in [0.29, 0.717) is 5.52 Å². The van der Waals surface area contributed by atoms with Gasteiger partial charge >= 0.3 is 6.18 Å². The van der Waals surface area contributed by atoms with Crippen molar-refractivity contribution < 1.29 is 18.0 Å². The highest BCUT2D eigenvalue weighted by molar-refractivity contribution is 7.22. The number of hydrogen-bond donors (Lipinski definition) is 1. The molecule has 1 fully saturated rings. The molecule has 0 atom stereocenters. The third kappa shape index (κ3) is 3.57. The molecule has 8 heteroatoms. The number of alkyl halides is 3. The lowest BCUT2D eigenvalue weighted by atomic mass is 10.1. The highest BCUT2D eigenvalue weighted by Gasteiger charge is 2.31. The lowest BCUT2D eigenvalue weighted by Gasteiger charge is -2.31.